The molecule has 1 aliphatic heterocycles. The van der Waals surface area contributed by atoms with Crippen LogP contribution in [0, 0.1) is 0 Å². The first-order chi connectivity index (χ1) is 12.0. The molecular formula is C20H29NO5. The number of ketones is 1. The zero-order valence-corrected chi connectivity index (χ0v) is 16.2. The number of hydrogen-bond acceptors (Lipinski definition) is 5. The van der Waals surface area contributed by atoms with Gasteiger partial charge in [-0.2, -0.15) is 0 Å². The van der Waals surface area contributed by atoms with Gasteiger partial charge in [-0.15, -0.1) is 0 Å². The zero-order valence-electron chi connectivity index (χ0n) is 16.2. The second kappa shape index (κ2) is 8.08. The fourth-order valence-electron chi connectivity index (χ4n) is 2.95. The Bertz CT molecular complexity index is 635. The maximum absolute atomic E-state index is 12.1. The summed E-state index contributed by atoms with van der Waals surface area (Å²) in [7, 11) is 0. The molecule has 1 saturated heterocycles. The molecule has 1 N–H and O–H groups in total. The lowest BCUT2D eigenvalue weighted by molar-refractivity contribution is -0.117. The highest BCUT2D eigenvalue weighted by molar-refractivity contribution is 5.76. The second-order valence-corrected chi connectivity index (χ2v) is 7.99. The number of ether oxygens (including phenoxy) is 2. The minimum atomic E-state index is -0.765. The maximum atomic E-state index is 12.1. The van der Waals surface area contributed by atoms with E-state index < -0.39 is 23.9 Å². The number of carbonyl (C=O) groups is 2. The smallest absolute Gasteiger partial charge is 0.410 e. The fraction of sp³-hybridized carbons (Fsp3) is 0.600. The first-order valence-electron chi connectivity index (χ1n) is 8.97. The summed E-state index contributed by atoms with van der Waals surface area (Å²) in [4.78, 5) is 24.8. The first-order valence-corrected chi connectivity index (χ1v) is 8.97. The molecule has 0 aromatic heterocycles. The number of carbonyl (C=O) groups excluding carboxylic acids is 2. The van der Waals surface area contributed by atoms with Gasteiger partial charge in [0, 0.05) is 6.42 Å². The van der Waals surface area contributed by atoms with Gasteiger partial charge in [-0.05, 0) is 51.3 Å². The number of rotatable bonds is 5. The molecule has 1 aliphatic rings. The summed E-state index contributed by atoms with van der Waals surface area (Å²) in [6.45, 7) is 9.48. The third-order valence-corrected chi connectivity index (χ3v) is 4.22. The van der Waals surface area contributed by atoms with Gasteiger partial charge in [-0.25, -0.2) is 4.79 Å². The second-order valence-electron chi connectivity index (χ2n) is 7.99. The van der Waals surface area contributed by atoms with Crippen molar-refractivity contribution in [2.75, 3.05) is 13.1 Å². The average Bonchev–Trinajstić information content (AvgIpc) is 2.87. The van der Waals surface area contributed by atoms with Crippen LogP contribution in [0.2, 0.25) is 0 Å². The Morgan fingerprint density at radius 1 is 1.23 bits per heavy atom. The van der Waals surface area contributed by atoms with Crippen LogP contribution < -0.4 is 4.74 Å². The predicted octanol–water partition coefficient (Wildman–Crippen LogP) is 3.13. The van der Waals surface area contributed by atoms with E-state index in [0.29, 0.717) is 12.2 Å². The topological polar surface area (TPSA) is 76.1 Å². The Kier molecular flexibility index (Phi) is 6.29. The van der Waals surface area contributed by atoms with Crippen LogP contribution in [0.15, 0.2) is 24.3 Å². The fourth-order valence-corrected chi connectivity index (χ4v) is 2.95. The van der Waals surface area contributed by atoms with E-state index in [9.17, 15) is 14.7 Å². The van der Waals surface area contributed by atoms with Crippen LogP contribution in [0.4, 0.5) is 4.79 Å². The molecule has 0 radical (unpaired) electrons. The highest BCUT2D eigenvalue weighted by Gasteiger charge is 2.37. The predicted molar refractivity (Wildman–Crippen MR) is 98.4 cm³/mol. The van der Waals surface area contributed by atoms with Crippen molar-refractivity contribution in [2.24, 2.45) is 0 Å². The lowest BCUT2D eigenvalue weighted by Gasteiger charge is -2.24. The van der Waals surface area contributed by atoms with Crippen molar-refractivity contribution in [2.45, 2.75) is 64.8 Å². The van der Waals surface area contributed by atoms with E-state index in [2.05, 4.69) is 0 Å². The van der Waals surface area contributed by atoms with Crippen LogP contribution >= 0.6 is 0 Å². The van der Waals surface area contributed by atoms with Gasteiger partial charge < -0.3 is 24.3 Å². The molecule has 0 bridgehead atoms. The van der Waals surface area contributed by atoms with Crippen LogP contribution in [0.1, 0.15) is 52.5 Å². The highest BCUT2D eigenvalue weighted by atomic mass is 16.6. The van der Waals surface area contributed by atoms with Crippen molar-refractivity contribution in [1.82, 2.24) is 4.90 Å². The Hall–Kier alpha value is -2.08. The molecule has 0 saturated carbocycles. The summed E-state index contributed by atoms with van der Waals surface area (Å²) < 4.78 is 11.2. The molecule has 3 atom stereocenters. The normalized spacial score (nSPS) is 21.4. The van der Waals surface area contributed by atoms with Crippen molar-refractivity contribution in [3.63, 3.8) is 0 Å². The van der Waals surface area contributed by atoms with Crippen molar-refractivity contribution in [3.05, 3.63) is 29.8 Å². The molecular weight excluding hydrogens is 334 g/mol. The van der Waals surface area contributed by atoms with Gasteiger partial charge in [0.15, 0.2) is 0 Å². The van der Waals surface area contributed by atoms with E-state index in [-0.39, 0.29) is 24.8 Å². The molecule has 144 valence electrons. The largest absolute Gasteiger partial charge is 0.486 e. The molecule has 1 unspecified atom stereocenters. The number of nitrogens with zero attached hydrogens (tertiary/aromatic N) is 1. The molecule has 1 fully saturated rings. The zero-order chi connectivity index (χ0) is 19.5. The van der Waals surface area contributed by atoms with Crippen LogP contribution in [0.3, 0.4) is 0 Å². The number of β-amino-alcohol motifs (C(OH)–C–C–N with tert-alkyl or cyclic N) is 1. The summed E-state index contributed by atoms with van der Waals surface area (Å²) in [5.41, 5.74) is 0.489. The van der Waals surface area contributed by atoms with E-state index in [1.807, 2.05) is 31.2 Å². The minimum absolute atomic E-state index is 0.154. The number of hydrogen-bond donors (Lipinski definition) is 1. The molecule has 1 aromatic carbocycles. The molecule has 2 rings (SSSR count). The Morgan fingerprint density at radius 3 is 2.38 bits per heavy atom. The van der Waals surface area contributed by atoms with Crippen LogP contribution in [-0.2, 0) is 9.53 Å². The lowest BCUT2D eigenvalue weighted by Crippen LogP contribution is -2.36. The molecule has 6 nitrogen and oxygen atoms in total. The first kappa shape index (κ1) is 20.2. The number of aliphatic hydroxyl groups excluding tert-OH is 1. The molecule has 0 aliphatic carbocycles. The highest BCUT2D eigenvalue weighted by Crippen LogP contribution is 2.25. The van der Waals surface area contributed by atoms with Crippen molar-refractivity contribution >= 4 is 11.9 Å². The summed E-state index contributed by atoms with van der Waals surface area (Å²) >= 11 is 0. The van der Waals surface area contributed by atoms with Crippen LogP contribution in [0.25, 0.3) is 0 Å². The summed E-state index contributed by atoms with van der Waals surface area (Å²) in [6.07, 6.45) is -1.20. The third-order valence-electron chi connectivity index (χ3n) is 4.22. The van der Waals surface area contributed by atoms with Gasteiger partial charge in [0.1, 0.15) is 29.3 Å². The van der Waals surface area contributed by atoms with Crippen molar-refractivity contribution < 1.29 is 24.2 Å². The molecule has 26 heavy (non-hydrogen) atoms. The average molecular weight is 363 g/mol. The van der Waals surface area contributed by atoms with Gasteiger partial charge in [0.05, 0.1) is 13.1 Å². The number of likely N-dealkylation sites (tertiary alicyclic amines) is 1. The van der Waals surface area contributed by atoms with Crippen molar-refractivity contribution in [3.8, 4) is 5.75 Å². The van der Waals surface area contributed by atoms with Gasteiger partial charge >= 0.3 is 6.09 Å². The summed E-state index contributed by atoms with van der Waals surface area (Å²) in [5, 5.41) is 10.2. The number of aliphatic hydroxyl groups is 1. The lowest BCUT2D eigenvalue weighted by atomic mass is 9.96. The van der Waals surface area contributed by atoms with E-state index in [1.54, 1.807) is 27.7 Å². The van der Waals surface area contributed by atoms with E-state index in [4.69, 9.17) is 9.47 Å². The monoisotopic (exact) mass is 363 g/mol. The van der Waals surface area contributed by atoms with Crippen molar-refractivity contribution in [1.29, 1.82) is 0 Å². The van der Waals surface area contributed by atoms with E-state index >= 15 is 0 Å². The maximum Gasteiger partial charge on any atom is 0.410 e. The van der Waals surface area contributed by atoms with Gasteiger partial charge in [-0.1, -0.05) is 19.1 Å². The number of amides is 1. The molecule has 6 heteroatoms. The van der Waals surface area contributed by atoms with Gasteiger partial charge in [0.25, 0.3) is 0 Å². The Balaban J connectivity index is 1.94. The third kappa shape index (κ3) is 5.73. The molecule has 0 spiro atoms. The Morgan fingerprint density at radius 2 is 1.85 bits per heavy atom. The minimum Gasteiger partial charge on any atom is -0.486 e. The standard InChI is InChI=1S/C20H29NO5/c1-13(10-14(2)22)15-6-8-16(9-7-15)25-18-12-21(11-17(18)23)19(24)26-20(3,4)5/h6-9,13,17-18,23H,10-12H2,1-5H3/t13-,17+,18?/m1/s1. The summed E-state index contributed by atoms with van der Waals surface area (Å²) in [5.74, 6) is 0.939. The molecule has 1 amide bonds. The Labute approximate surface area is 155 Å². The van der Waals surface area contributed by atoms with Crippen LogP contribution in [-0.4, -0.2) is 52.8 Å². The number of Topliss-reactive ketones (excluding diaryl/α,β-unsaturated/α-hetero) is 1. The quantitative estimate of drug-likeness (QED) is 0.870. The van der Waals surface area contributed by atoms with Gasteiger partial charge in [-0.3, -0.25) is 0 Å². The number of benzene rings is 1. The van der Waals surface area contributed by atoms with Gasteiger partial charge in [0.2, 0.25) is 0 Å². The van der Waals surface area contributed by atoms with E-state index in [0.717, 1.165) is 5.56 Å². The van der Waals surface area contributed by atoms with E-state index in [1.165, 1.54) is 4.90 Å². The summed E-state index contributed by atoms with van der Waals surface area (Å²) in [6, 6.07) is 7.51. The molecule has 1 aromatic rings. The SMILES string of the molecule is CC(=O)C[C@@H](C)c1ccc(OC2CN(C(=O)OC(C)(C)C)C[C@@H]2O)cc1. The van der Waals surface area contributed by atoms with Crippen LogP contribution in [0.5, 0.6) is 5.75 Å². The molecule has 1 heterocycles.